The van der Waals surface area contributed by atoms with Crippen LogP contribution in [0.1, 0.15) is 0 Å². The maximum atomic E-state index is 13.5. The molecule has 4 aromatic rings. The van der Waals surface area contributed by atoms with E-state index >= 15 is 0 Å². The van der Waals surface area contributed by atoms with Crippen molar-refractivity contribution in [2.24, 2.45) is 0 Å². The Morgan fingerprint density at radius 2 is 1.62 bits per heavy atom. The molecule has 0 aliphatic rings. The molecule has 2 aromatic heterocycles. The maximum absolute atomic E-state index is 13.5. The zero-order valence-electron chi connectivity index (χ0n) is 24.1. The van der Waals surface area contributed by atoms with Gasteiger partial charge >= 0.3 is 0 Å². The third kappa shape index (κ3) is 8.02. The monoisotopic (exact) mass is 594 g/mol. The van der Waals surface area contributed by atoms with Crippen LogP contribution in [0.25, 0.3) is 11.2 Å². The number of pyridine rings is 1. The molecule has 0 aliphatic carbocycles. The van der Waals surface area contributed by atoms with Gasteiger partial charge in [-0.2, -0.15) is 0 Å². The lowest BCUT2D eigenvalue weighted by Gasteiger charge is -2.19. The number of nitrogens with one attached hydrogen (secondary N) is 3. The fourth-order valence-corrected chi connectivity index (χ4v) is 4.95. The van der Waals surface area contributed by atoms with Gasteiger partial charge in [0, 0.05) is 48.9 Å². The Bertz CT molecular complexity index is 1640. The maximum Gasteiger partial charge on any atom is 0.263 e. The summed E-state index contributed by atoms with van der Waals surface area (Å²) in [7, 11) is 4.67. The van der Waals surface area contributed by atoms with Gasteiger partial charge in [-0.05, 0) is 51.5 Å². The Kier molecular flexibility index (Phi) is 9.72. The van der Waals surface area contributed by atoms with E-state index in [1.165, 1.54) is 26.4 Å². The van der Waals surface area contributed by atoms with Gasteiger partial charge in [0.05, 0.1) is 25.7 Å². The molecule has 0 bridgehead atoms. The minimum atomic E-state index is -4.16. The van der Waals surface area contributed by atoms with E-state index in [2.05, 4.69) is 30.3 Å². The molecule has 0 atom stereocenters. The van der Waals surface area contributed by atoms with Crippen LogP contribution in [0.2, 0.25) is 0 Å². The molecule has 0 spiro atoms. The van der Waals surface area contributed by atoms with Gasteiger partial charge in [0.15, 0.2) is 17.3 Å². The average molecular weight is 595 g/mol. The summed E-state index contributed by atoms with van der Waals surface area (Å²) in [6.07, 6.45) is 1.54. The zero-order chi connectivity index (χ0) is 30.3. The van der Waals surface area contributed by atoms with Crippen molar-refractivity contribution in [2.75, 3.05) is 70.4 Å². The summed E-state index contributed by atoms with van der Waals surface area (Å²) < 4.78 is 40.2. The lowest BCUT2D eigenvalue weighted by Crippen LogP contribution is -2.34. The summed E-state index contributed by atoms with van der Waals surface area (Å²) in [4.78, 5) is 29.6. The second-order valence-corrected chi connectivity index (χ2v) is 11.4. The van der Waals surface area contributed by atoms with Crippen molar-refractivity contribution < 1.29 is 22.7 Å². The van der Waals surface area contributed by atoms with Gasteiger partial charge in [0.2, 0.25) is 5.91 Å². The number of hydrogen-bond acceptors (Lipinski definition) is 11. The third-order valence-electron chi connectivity index (χ3n) is 6.06. The van der Waals surface area contributed by atoms with Crippen molar-refractivity contribution in [3.63, 3.8) is 0 Å². The van der Waals surface area contributed by atoms with E-state index in [1.807, 2.05) is 30.9 Å². The van der Waals surface area contributed by atoms with Crippen LogP contribution in [0.15, 0.2) is 65.7 Å². The predicted molar refractivity (Wildman–Crippen MR) is 162 cm³/mol. The average Bonchev–Trinajstić information content (AvgIpc) is 2.96. The van der Waals surface area contributed by atoms with E-state index in [9.17, 15) is 13.2 Å². The fourth-order valence-electron chi connectivity index (χ4n) is 3.89. The Morgan fingerprint density at radius 3 is 2.31 bits per heavy atom. The van der Waals surface area contributed by atoms with E-state index in [-0.39, 0.29) is 34.6 Å². The lowest BCUT2D eigenvalue weighted by molar-refractivity contribution is -0.117. The van der Waals surface area contributed by atoms with Crippen LogP contribution in [0.5, 0.6) is 11.5 Å². The van der Waals surface area contributed by atoms with Gasteiger partial charge in [0.1, 0.15) is 17.0 Å². The van der Waals surface area contributed by atoms with Crippen LogP contribution in [0.4, 0.5) is 23.0 Å². The summed E-state index contributed by atoms with van der Waals surface area (Å²) in [5, 5.41) is 5.87. The molecular weight excluding hydrogens is 560 g/mol. The number of methoxy groups -OCH3 is 2. The number of hydrogen-bond donors (Lipinski definition) is 3. The quantitative estimate of drug-likeness (QED) is 0.210. The summed E-state index contributed by atoms with van der Waals surface area (Å²) in [5.74, 6) is 0.860. The fraction of sp³-hybridized carbons (Fsp3) is 0.286. The molecule has 14 heteroatoms. The highest BCUT2D eigenvalue weighted by Gasteiger charge is 2.21. The van der Waals surface area contributed by atoms with Gasteiger partial charge in [0.25, 0.3) is 10.0 Å². The Labute approximate surface area is 244 Å². The molecule has 2 aromatic carbocycles. The van der Waals surface area contributed by atoms with Crippen LogP contribution >= 0.6 is 0 Å². The first kappa shape index (κ1) is 30.4. The molecular formula is C28H34N8O5S. The Balaban J connectivity index is 1.59. The topological polar surface area (TPSA) is 151 Å². The van der Waals surface area contributed by atoms with E-state index in [4.69, 9.17) is 9.47 Å². The minimum absolute atomic E-state index is 0.0695. The van der Waals surface area contributed by atoms with Gasteiger partial charge in [-0.1, -0.05) is 6.07 Å². The molecule has 0 fully saturated rings. The highest BCUT2D eigenvalue weighted by molar-refractivity contribution is 7.92. The molecule has 2 heterocycles. The molecule has 0 unspecified atom stereocenters. The number of carbonyl (C=O) groups excluding carboxylic acids is 1. The summed E-state index contributed by atoms with van der Waals surface area (Å²) in [6, 6.07) is 14.5. The van der Waals surface area contributed by atoms with E-state index in [1.54, 1.807) is 48.7 Å². The van der Waals surface area contributed by atoms with E-state index in [0.717, 1.165) is 6.54 Å². The molecule has 0 radical (unpaired) electrons. The second kappa shape index (κ2) is 13.4. The lowest BCUT2D eigenvalue weighted by atomic mass is 10.2. The number of likely N-dealkylation sites (N-methyl/N-ethyl adjacent to an activating group) is 2. The molecule has 4 rings (SSSR count). The number of rotatable bonds is 13. The summed E-state index contributed by atoms with van der Waals surface area (Å²) >= 11 is 0. The first-order valence-electron chi connectivity index (χ1n) is 12.9. The molecule has 0 saturated heterocycles. The van der Waals surface area contributed by atoms with Crippen molar-refractivity contribution in [3.8, 4) is 11.5 Å². The molecule has 222 valence electrons. The molecule has 13 nitrogen and oxygen atoms in total. The minimum Gasteiger partial charge on any atom is -0.497 e. The van der Waals surface area contributed by atoms with Crippen LogP contribution in [0.3, 0.4) is 0 Å². The van der Waals surface area contributed by atoms with Crippen molar-refractivity contribution >= 4 is 50.1 Å². The summed E-state index contributed by atoms with van der Waals surface area (Å²) in [5.41, 5.74) is 1.59. The van der Waals surface area contributed by atoms with Crippen molar-refractivity contribution in [2.45, 2.75) is 4.90 Å². The van der Waals surface area contributed by atoms with Crippen LogP contribution in [-0.4, -0.2) is 94.1 Å². The van der Waals surface area contributed by atoms with Crippen molar-refractivity contribution in [1.82, 2.24) is 24.8 Å². The number of aromatic nitrogens is 3. The molecule has 0 aliphatic heterocycles. The molecule has 0 saturated carbocycles. The molecule has 1 amide bonds. The highest BCUT2D eigenvalue weighted by atomic mass is 32.2. The SMILES string of the molecule is COc1cc(Nc2nc3cccnc3nc2NS(=O)(=O)c2cccc(NC(=O)CN(C)CCN(C)C)c2)cc(OC)c1. The van der Waals surface area contributed by atoms with Gasteiger partial charge in [-0.3, -0.25) is 14.4 Å². The predicted octanol–water partition coefficient (Wildman–Crippen LogP) is 3.02. The van der Waals surface area contributed by atoms with Crippen molar-refractivity contribution in [1.29, 1.82) is 0 Å². The van der Waals surface area contributed by atoms with Crippen LogP contribution in [0, 0.1) is 0 Å². The molecule has 42 heavy (non-hydrogen) atoms. The first-order valence-corrected chi connectivity index (χ1v) is 14.4. The second-order valence-electron chi connectivity index (χ2n) is 9.72. The Hall–Kier alpha value is -4.53. The number of anilines is 4. The van der Waals surface area contributed by atoms with Gasteiger partial charge < -0.3 is 25.0 Å². The van der Waals surface area contributed by atoms with E-state index in [0.29, 0.717) is 34.9 Å². The Morgan fingerprint density at radius 1 is 0.881 bits per heavy atom. The number of carbonyl (C=O) groups is 1. The van der Waals surface area contributed by atoms with Gasteiger partial charge in [-0.25, -0.2) is 23.4 Å². The van der Waals surface area contributed by atoms with Crippen LogP contribution < -0.4 is 24.8 Å². The first-order chi connectivity index (χ1) is 20.1. The van der Waals surface area contributed by atoms with Gasteiger partial charge in [-0.15, -0.1) is 0 Å². The normalized spacial score (nSPS) is 11.5. The number of ether oxygens (including phenoxy) is 2. The third-order valence-corrected chi connectivity index (χ3v) is 7.39. The standard InChI is InChI=1S/C28H34N8O5S/c1-35(2)12-13-36(3)18-25(37)30-19-8-6-9-23(16-19)42(38,39)34-28-27(32-24-10-7-11-29-26(24)33-28)31-20-14-21(40-4)17-22(15-20)41-5/h6-11,14-17H,12-13,18H2,1-5H3,(H,30,37)(H,31,32)(H,29,33,34). The number of sulfonamides is 1. The number of benzene rings is 2. The number of amides is 1. The highest BCUT2D eigenvalue weighted by Crippen LogP contribution is 2.31. The van der Waals surface area contributed by atoms with Crippen molar-refractivity contribution in [3.05, 3.63) is 60.8 Å². The van der Waals surface area contributed by atoms with E-state index < -0.39 is 10.0 Å². The largest absolute Gasteiger partial charge is 0.497 e. The summed E-state index contributed by atoms with van der Waals surface area (Å²) in [6.45, 7) is 1.67. The zero-order valence-corrected chi connectivity index (χ0v) is 24.9. The number of nitrogens with zero attached hydrogens (tertiary/aromatic N) is 5. The number of fused-ring (bicyclic) bond motifs is 1. The smallest absolute Gasteiger partial charge is 0.263 e. The van der Waals surface area contributed by atoms with Crippen LogP contribution in [-0.2, 0) is 14.8 Å². The molecule has 3 N–H and O–H groups in total.